The number of rotatable bonds is 4. The second-order valence-corrected chi connectivity index (χ2v) is 4.67. The predicted octanol–water partition coefficient (Wildman–Crippen LogP) is 1.40. The van der Waals surface area contributed by atoms with Crippen molar-refractivity contribution in [3.05, 3.63) is 24.3 Å². The molecule has 2 N–H and O–H groups in total. The summed E-state index contributed by atoms with van der Waals surface area (Å²) in [6.07, 6.45) is -0.585. The molecule has 1 aliphatic rings. The van der Waals surface area contributed by atoms with Crippen LogP contribution in [0.5, 0.6) is 5.75 Å². The minimum Gasteiger partial charge on any atom is -0.495 e. The highest BCUT2D eigenvalue weighted by molar-refractivity contribution is 5.91. The van der Waals surface area contributed by atoms with Crippen molar-refractivity contribution in [2.45, 2.75) is 12.5 Å². The fourth-order valence-corrected chi connectivity index (χ4v) is 2.16. The largest absolute Gasteiger partial charge is 0.495 e. The van der Waals surface area contributed by atoms with Gasteiger partial charge in [-0.25, -0.2) is 4.79 Å². The van der Waals surface area contributed by atoms with E-state index in [1.54, 1.807) is 23.1 Å². The van der Waals surface area contributed by atoms with Crippen molar-refractivity contribution < 1.29 is 24.2 Å². The van der Waals surface area contributed by atoms with Gasteiger partial charge < -0.3 is 24.8 Å². The second kappa shape index (κ2) is 6.94. The molecule has 0 radical (unpaired) electrons. The van der Waals surface area contributed by atoms with Crippen LogP contribution in [0.15, 0.2) is 24.3 Å². The Balaban J connectivity index is 1.98. The number of carbonyl (C=O) groups is 2. The molecule has 1 heterocycles. The minimum absolute atomic E-state index is 0.113. The summed E-state index contributed by atoms with van der Waals surface area (Å²) < 4.78 is 10.5. The van der Waals surface area contributed by atoms with E-state index in [4.69, 9.17) is 14.6 Å². The van der Waals surface area contributed by atoms with Crippen molar-refractivity contribution in [3.63, 3.8) is 0 Å². The van der Waals surface area contributed by atoms with E-state index in [0.717, 1.165) is 0 Å². The zero-order valence-electron chi connectivity index (χ0n) is 11.7. The van der Waals surface area contributed by atoms with Crippen LogP contribution in [0.3, 0.4) is 0 Å². The molecule has 0 aliphatic carbocycles. The third-order valence-corrected chi connectivity index (χ3v) is 3.18. The molecule has 0 saturated carbocycles. The van der Waals surface area contributed by atoms with Crippen LogP contribution in [0.1, 0.15) is 6.42 Å². The molecule has 1 aromatic rings. The molecule has 0 aromatic heterocycles. The summed E-state index contributed by atoms with van der Waals surface area (Å²) in [7, 11) is 1.53. The van der Waals surface area contributed by atoms with Crippen LogP contribution in [0.2, 0.25) is 0 Å². The number of carboxylic acid groups (broad SMARTS) is 1. The molecule has 2 amide bonds. The smallest absolute Gasteiger partial charge is 0.322 e. The molecule has 1 unspecified atom stereocenters. The summed E-state index contributed by atoms with van der Waals surface area (Å²) in [4.78, 5) is 24.5. The molecule has 21 heavy (non-hydrogen) atoms. The number of morpholine rings is 1. The van der Waals surface area contributed by atoms with Gasteiger partial charge in [0.2, 0.25) is 0 Å². The van der Waals surface area contributed by atoms with E-state index in [2.05, 4.69) is 5.32 Å². The number of amides is 2. The molecule has 114 valence electrons. The molecule has 0 bridgehead atoms. The number of nitrogens with one attached hydrogen (secondary N) is 1. The Morgan fingerprint density at radius 1 is 1.48 bits per heavy atom. The summed E-state index contributed by atoms with van der Waals surface area (Å²) in [5.74, 6) is -0.367. The lowest BCUT2D eigenvalue weighted by Gasteiger charge is -2.32. The zero-order chi connectivity index (χ0) is 15.2. The van der Waals surface area contributed by atoms with Gasteiger partial charge in [0, 0.05) is 13.1 Å². The number of urea groups is 1. The number of aliphatic carboxylic acids is 1. The quantitative estimate of drug-likeness (QED) is 0.876. The van der Waals surface area contributed by atoms with Gasteiger partial charge in [-0.15, -0.1) is 0 Å². The first-order valence-corrected chi connectivity index (χ1v) is 6.62. The van der Waals surface area contributed by atoms with Crippen LogP contribution in [0, 0.1) is 0 Å². The van der Waals surface area contributed by atoms with Crippen LogP contribution in [0.4, 0.5) is 10.5 Å². The molecule has 7 heteroatoms. The fourth-order valence-electron chi connectivity index (χ4n) is 2.16. The number of anilines is 1. The SMILES string of the molecule is COc1ccccc1NC(=O)N1CCOC(CC(=O)O)C1. The highest BCUT2D eigenvalue weighted by atomic mass is 16.5. The van der Waals surface area contributed by atoms with Gasteiger partial charge >= 0.3 is 12.0 Å². The van der Waals surface area contributed by atoms with E-state index < -0.39 is 12.1 Å². The number of nitrogens with zero attached hydrogens (tertiary/aromatic N) is 1. The molecule has 7 nitrogen and oxygen atoms in total. The number of carbonyl (C=O) groups excluding carboxylic acids is 1. The zero-order valence-corrected chi connectivity index (χ0v) is 11.7. The lowest BCUT2D eigenvalue weighted by Crippen LogP contribution is -2.47. The molecule has 1 fully saturated rings. The van der Waals surface area contributed by atoms with Gasteiger partial charge in [-0.1, -0.05) is 12.1 Å². The first-order chi connectivity index (χ1) is 10.1. The summed E-state index contributed by atoms with van der Waals surface area (Å²) in [6.45, 7) is 1.02. The van der Waals surface area contributed by atoms with Crippen molar-refractivity contribution in [1.82, 2.24) is 4.90 Å². The lowest BCUT2D eigenvalue weighted by molar-refractivity contribution is -0.141. The number of hydrogen-bond acceptors (Lipinski definition) is 4. The first kappa shape index (κ1) is 15.1. The third-order valence-electron chi connectivity index (χ3n) is 3.18. The van der Waals surface area contributed by atoms with E-state index >= 15 is 0 Å². The molecular weight excluding hydrogens is 276 g/mol. The maximum atomic E-state index is 12.2. The number of carboxylic acids is 1. The van der Waals surface area contributed by atoms with Crippen molar-refractivity contribution in [3.8, 4) is 5.75 Å². The average Bonchev–Trinajstić information content (AvgIpc) is 2.47. The molecular formula is C14H18N2O5. The Kier molecular flexibility index (Phi) is 4.99. The number of para-hydroxylation sites is 2. The van der Waals surface area contributed by atoms with Crippen LogP contribution < -0.4 is 10.1 Å². The normalized spacial score (nSPS) is 18.1. The predicted molar refractivity (Wildman–Crippen MR) is 75.6 cm³/mol. The Labute approximate surface area is 122 Å². The number of ether oxygens (including phenoxy) is 2. The monoisotopic (exact) mass is 294 g/mol. The molecule has 1 atom stereocenters. The Bertz CT molecular complexity index is 520. The summed E-state index contributed by atoms with van der Waals surface area (Å²) >= 11 is 0. The topological polar surface area (TPSA) is 88.1 Å². The standard InChI is InChI=1S/C14H18N2O5/c1-20-12-5-3-2-4-11(12)15-14(19)16-6-7-21-10(9-16)8-13(17)18/h2-5,10H,6-9H2,1H3,(H,15,19)(H,17,18). The van der Waals surface area contributed by atoms with Gasteiger partial charge in [-0.2, -0.15) is 0 Å². The summed E-state index contributed by atoms with van der Waals surface area (Å²) in [5, 5.41) is 11.5. The number of hydrogen-bond donors (Lipinski definition) is 2. The molecule has 1 aromatic carbocycles. The number of methoxy groups -OCH3 is 1. The van der Waals surface area contributed by atoms with Gasteiger partial charge in [-0.3, -0.25) is 4.79 Å². The number of benzene rings is 1. The maximum absolute atomic E-state index is 12.2. The lowest BCUT2D eigenvalue weighted by atomic mass is 10.2. The Hall–Kier alpha value is -2.28. The Morgan fingerprint density at radius 3 is 2.95 bits per heavy atom. The molecule has 1 aliphatic heterocycles. The van der Waals surface area contributed by atoms with Gasteiger partial charge in [-0.05, 0) is 12.1 Å². The van der Waals surface area contributed by atoms with E-state index in [-0.39, 0.29) is 19.0 Å². The van der Waals surface area contributed by atoms with Gasteiger partial charge in [0.15, 0.2) is 0 Å². The van der Waals surface area contributed by atoms with E-state index in [9.17, 15) is 9.59 Å². The van der Waals surface area contributed by atoms with Crippen LogP contribution in [0.25, 0.3) is 0 Å². The molecule has 1 saturated heterocycles. The highest BCUT2D eigenvalue weighted by Crippen LogP contribution is 2.23. The fraction of sp³-hybridized carbons (Fsp3) is 0.429. The van der Waals surface area contributed by atoms with Crippen molar-refractivity contribution in [1.29, 1.82) is 0 Å². The first-order valence-electron chi connectivity index (χ1n) is 6.62. The third kappa shape index (κ3) is 4.09. The van der Waals surface area contributed by atoms with Gasteiger partial charge in [0.1, 0.15) is 5.75 Å². The molecule has 0 spiro atoms. The second-order valence-electron chi connectivity index (χ2n) is 4.67. The van der Waals surface area contributed by atoms with Crippen molar-refractivity contribution in [2.24, 2.45) is 0 Å². The maximum Gasteiger partial charge on any atom is 0.322 e. The van der Waals surface area contributed by atoms with Crippen LogP contribution in [-0.4, -0.2) is 54.9 Å². The Morgan fingerprint density at radius 2 is 2.24 bits per heavy atom. The van der Waals surface area contributed by atoms with Gasteiger partial charge in [0.25, 0.3) is 0 Å². The summed E-state index contributed by atoms with van der Waals surface area (Å²) in [6, 6.07) is 6.81. The van der Waals surface area contributed by atoms with Crippen LogP contribution >= 0.6 is 0 Å². The highest BCUT2D eigenvalue weighted by Gasteiger charge is 2.26. The van der Waals surface area contributed by atoms with Crippen molar-refractivity contribution >= 4 is 17.7 Å². The van der Waals surface area contributed by atoms with Gasteiger partial charge in [0.05, 0.1) is 31.9 Å². The minimum atomic E-state index is -0.938. The van der Waals surface area contributed by atoms with E-state index in [0.29, 0.717) is 24.6 Å². The van der Waals surface area contributed by atoms with Crippen molar-refractivity contribution in [2.75, 3.05) is 32.1 Å². The molecule has 2 rings (SSSR count). The van der Waals surface area contributed by atoms with E-state index in [1.165, 1.54) is 7.11 Å². The van der Waals surface area contributed by atoms with E-state index in [1.807, 2.05) is 6.07 Å². The van der Waals surface area contributed by atoms with Crippen LogP contribution in [-0.2, 0) is 9.53 Å². The average molecular weight is 294 g/mol. The summed E-state index contributed by atoms with van der Waals surface area (Å²) in [5.41, 5.74) is 0.575.